The number of hydrogen-bond acceptors (Lipinski definition) is 4. The number of rotatable bonds is 5. The predicted octanol–water partition coefficient (Wildman–Crippen LogP) is 4.72. The van der Waals surface area contributed by atoms with E-state index in [9.17, 15) is 4.79 Å². The van der Waals surface area contributed by atoms with Crippen molar-refractivity contribution >= 4 is 50.9 Å². The number of aromatic nitrogens is 3. The predicted molar refractivity (Wildman–Crippen MR) is 105 cm³/mol. The maximum Gasteiger partial charge on any atom is 0.234 e. The molecule has 0 atom stereocenters. The van der Waals surface area contributed by atoms with Crippen molar-refractivity contribution in [2.45, 2.75) is 12.1 Å². The van der Waals surface area contributed by atoms with Gasteiger partial charge in [0.05, 0.1) is 11.4 Å². The number of halogens is 2. The molecule has 0 spiro atoms. The second kappa shape index (κ2) is 8.03. The summed E-state index contributed by atoms with van der Waals surface area (Å²) in [5, 5.41) is 12.1. The van der Waals surface area contributed by atoms with Crippen molar-refractivity contribution in [2.24, 2.45) is 0 Å². The molecule has 0 unspecified atom stereocenters. The Morgan fingerprint density at radius 3 is 2.92 bits per heavy atom. The molecule has 1 N–H and O–H groups in total. The van der Waals surface area contributed by atoms with Gasteiger partial charge in [0.2, 0.25) is 5.91 Å². The molecule has 0 saturated carbocycles. The summed E-state index contributed by atoms with van der Waals surface area (Å²) in [6, 6.07) is 13.1. The molecular formula is C17H14BrClN4OS. The molecule has 1 amide bonds. The minimum Gasteiger partial charge on any atom is -0.325 e. The Hall–Kier alpha value is -1.83. The van der Waals surface area contributed by atoms with E-state index >= 15 is 0 Å². The molecule has 2 aromatic carbocycles. The lowest BCUT2D eigenvalue weighted by Crippen LogP contribution is -2.14. The number of carbonyl (C=O) groups excluding carboxylic acids is 1. The van der Waals surface area contributed by atoms with Crippen LogP contribution in [0.2, 0.25) is 5.02 Å². The van der Waals surface area contributed by atoms with Crippen molar-refractivity contribution in [3.63, 3.8) is 0 Å². The maximum atomic E-state index is 12.2. The highest BCUT2D eigenvalue weighted by atomic mass is 79.9. The van der Waals surface area contributed by atoms with Gasteiger partial charge in [-0.1, -0.05) is 45.4 Å². The van der Waals surface area contributed by atoms with Crippen LogP contribution in [0.1, 0.15) is 5.56 Å². The van der Waals surface area contributed by atoms with Gasteiger partial charge in [-0.2, -0.15) is 0 Å². The zero-order valence-corrected chi connectivity index (χ0v) is 16.4. The van der Waals surface area contributed by atoms with Gasteiger partial charge in [-0.3, -0.25) is 9.36 Å². The summed E-state index contributed by atoms with van der Waals surface area (Å²) in [4.78, 5) is 12.2. The number of benzene rings is 2. The number of amides is 1. The van der Waals surface area contributed by atoms with Gasteiger partial charge in [-0.15, -0.1) is 10.2 Å². The van der Waals surface area contributed by atoms with Gasteiger partial charge in [0, 0.05) is 15.2 Å². The summed E-state index contributed by atoms with van der Waals surface area (Å²) < 4.78 is 2.81. The Morgan fingerprint density at radius 1 is 1.32 bits per heavy atom. The molecule has 8 heteroatoms. The third-order valence-electron chi connectivity index (χ3n) is 3.38. The second-order valence-corrected chi connectivity index (χ2v) is 7.50. The molecule has 3 rings (SSSR count). The molecule has 1 heterocycles. The molecule has 0 radical (unpaired) electrons. The summed E-state index contributed by atoms with van der Waals surface area (Å²) in [5.74, 6) is 0.126. The molecule has 0 fully saturated rings. The fourth-order valence-electron chi connectivity index (χ4n) is 2.18. The maximum absolute atomic E-state index is 12.2. The van der Waals surface area contributed by atoms with Gasteiger partial charge in [0.25, 0.3) is 0 Å². The summed E-state index contributed by atoms with van der Waals surface area (Å²) in [6.07, 6.45) is 1.60. The molecule has 3 aromatic rings. The van der Waals surface area contributed by atoms with E-state index in [-0.39, 0.29) is 11.7 Å². The van der Waals surface area contributed by atoms with Crippen LogP contribution in [-0.4, -0.2) is 26.4 Å². The van der Waals surface area contributed by atoms with Crippen LogP contribution in [0.3, 0.4) is 0 Å². The molecule has 0 aliphatic heterocycles. The van der Waals surface area contributed by atoms with E-state index in [0.29, 0.717) is 10.2 Å². The minimum atomic E-state index is -0.104. The van der Waals surface area contributed by atoms with Gasteiger partial charge >= 0.3 is 0 Å². The molecule has 0 saturated heterocycles. The van der Waals surface area contributed by atoms with Gasteiger partial charge in [-0.05, 0) is 48.9 Å². The minimum absolute atomic E-state index is 0.104. The summed E-state index contributed by atoms with van der Waals surface area (Å²) >= 11 is 10.8. The smallest absolute Gasteiger partial charge is 0.234 e. The van der Waals surface area contributed by atoms with E-state index in [1.54, 1.807) is 17.0 Å². The van der Waals surface area contributed by atoms with Crippen molar-refractivity contribution in [3.8, 4) is 5.69 Å². The second-order valence-electron chi connectivity index (χ2n) is 5.26. The largest absolute Gasteiger partial charge is 0.325 e. The van der Waals surface area contributed by atoms with Gasteiger partial charge < -0.3 is 5.32 Å². The van der Waals surface area contributed by atoms with Crippen LogP contribution in [0.5, 0.6) is 0 Å². The van der Waals surface area contributed by atoms with E-state index in [0.717, 1.165) is 21.4 Å². The zero-order valence-electron chi connectivity index (χ0n) is 13.2. The number of carbonyl (C=O) groups is 1. The third kappa shape index (κ3) is 4.62. The normalized spacial score (nSPS) is 10.7. The van der Waals surface area contributed by atoms with E-state index in [4.69, 9.17) is 11.6 Å². The Labute approximate surface area is 162 Å². The Balaban J connectivity index is 1.65. The lowest BCUT2D eigenvalue weighted by molar-refractivity contribution is -0.113. The standard InChI is InChI=1S/C17H14BrClN4OS/c1-11-7-13(5-6-15(11)18)21-16(24)9-25-17-22-20-10-23(17)14-4-2-3-12(19)8-14/h2-8,10H,9H2,1H3,(H,21,24). The van der Waals surface area contributed by atoms with Crippen LogP contribution in [0.4, 0.5) is 5.69 Å². The quantitative estimate of drug-likeness (QED) is 0.587. The average molecular weight is 438 g/mol. The zero-order chi connectivity index (χ0) is 17.8. The fourth-order valence-corrected chi connectivity index (χ4v) is 3.34. The Kier molecular flexibility index (Phi) is 5.78. The van der Waals surface area contributed by atoms with E-state index < -0.39 is 0 Å². The number of nitrogens with one attached hydrogen (secondary N) is 1. The molecular weight excluding hydrogens is 424 g/mol. The molecule has 0 aliphatic rings. The number of hydrogen-bond donors (Lipinski definition) is 1. The Morgan fingerprint density at radius 2 is 2.16 bits per heavy atom. The average Bonchev–Trinajstić information content (AvgIpc) is 3.05. The number of aryl methyl sites for hydroxylation is 1. The van der Waals surface area contributed by atoms with Gasteiger partial charge in [0.15, 0.2) is 5.16 Å². The highest BCUT2D eigenvalue weighted by molar-refractivity contribution is 9.10. The van der Waals surface area contributed by atoms with Gasteiger partial charge in [0.1, 0.15) is 6.33 Å². The van der Waals surface area contributed by atoms with E-state index in [1.165, 1.54) is 11.8 Å². The first-order chi connectivity index (χ1) is 12.0. The third-order valence-corrected chi connectivity index (χ3v) is 5.44. The summed E-state index contributed by atoms with van der Waals surface area (Å²) in [7, 11) is 0. The van der Waals surface area contributed by atoms with Crippen molar-refractivity contribution in [2.75, 3.05) is 11.1 Å². The Bertz CT molecular complexity index is 915. The molecule has 5 nitrogen and oxygen atoms in total. The monoisotopic (exact) mass is 436 g/mol. The van der Waals surface area contributed by atoms with E-state index in [1.807, 2.05) is 43.3 Å². The first-order valence-electron chi connectivity index (χ1n) is 7.38. The van der Waals surface area contributed by atoms with Crippen LogP contribution >= 0.6 is 39.3 Å². The number of nitrogens with zero attached hydrogens (tertiary/aromatic N) is 3. The van der Waals surface area contributed by atoms with Crippen molar-refractivity contribution in [1.29, 1.82) is 0 Å². The van der Waals surface area contributed by atoms with Crippen LogP contribution < -0.4 is 5.32 Å². The number of thioether (sulfide) groups is 1. The SMILES string of the molecule is Cc1cc(NC(=O)CSc2nncn2-c2cccc(Cl)c2)ccc1Br. The molecule has 0 aliphatic carbocycles. The molecule has 0 bridgehead atoms. The first-order valence-corrected chi connectivity index (χ1v) is 9.53. The van der Waals surface area contributed by atoms with Crippen molar-refractivity contribution in [1.82, 2.24) is 14.8 Å². The van der Waals surface area contributed by atoms with Crippen molar-refractivity contribution < 1.29 is 4.79 Å². The summed E-state index contributed by atoms with van der Waals surface area (Å²) in [5.41, 5.74) is 2.68. The summed E-state index contributed by atoms with van der Waals surface area (Å²) in [6.45, 7) is 1.97. The van der Waals surface area contributed by atoms with Gasteiger partial charge in [-0.25, -0.2) is 0 Å². The molecule has 128 valence electrons. The van der Waals surface area contributed by atoms with E-state index in [2.05, 4.69) is 31.4 Å². The first kappa shape index (κ1) is 18.0. The van der Waals surface area contributed by atoms with Crippen LogP contribution in [0.15, 0.2) is 58.4 Å². The molecule has 25 heavy (non-hydrogen) atoms. The lowest BCUT2D eigenvalue weighted by Gasteiger charge is -2.08. The van der Waals surface area contributed by atoms with Crippen molar-refractivity contribution in [3.05, 3.63) is 63.9 Å². The van der Waals surface area contributed by atoms with Crippen LogP contribution in [0.25, 0.3) is 5.69 Å². The fraction of sp³-hybridized carbons (Fsp3) is 0.118. The lowest BCUT2D eigenvalue weighted by atomic mass is 10.2. The molecule has 1 aromatic heterocycles. The topological polar surface area (TPSA) is 59.8 Å². The highest BCUT2D eigenvalue weighted by Crippen LogP contribution is 2.23. The van der Waals surface area contributed by atoms with Crippen LogP contribution in [0, 0.1) is 6.92 Å². The highest BCUT2D eigenvalue weighted by Gasteiger charge is 2.11. The van der Waals surface area contributed by atoms with Crippen LogP contribution in [-0.2, 0) is 4.79 Å². The number of anilines is 1.